The zero-order chi connectivity index (χ0) is 21.0. The van der Waals surface area contributed by atoms with Gasteiger partial charge in [-0.15, -0.1) is 0 Å². The predicted molar refractivity (Wildman–Crippen MR) is 124 cm³/mol. The Morgan fingerprint density at radius 1 is 0.968 bits per heavy atom. The number of amides is 1. The normalized spacial score (nSPS) is 24.6. The highest BCUT2D eigenvalue weighted by molar-refractivity contribution is 7.99. The van der Waals surface area contributed by atoms with Crippen molar-refractivity contribution >= 4 is 17.7 Å². The van der Waals surface area contributed by atoms with Crippen molar-refractivity contribution in [1.29, 1.82) is 0 Å². The Balaban J connectivity index is 1.28. The van der Waals surface area contributed by atoms with E-state index in [9.17, 15) is 4.79 Å². The summed E-state index contributed by atoms with van der Waals surface area (Å²) in [5.41, 5.74) is 1.97. The highest BCUT2D eigenvalue weighted by Crippen LogP contribution is 2.34. The summed E-state index contributed by atoms with van der Waals surface area (Å²) in [6.45, 7) is 2.26. The summed E-state index contributed by atoms with van der Waals surface area (Å²) < 4.78 is 0. The van der Waals surface area contributed by atoms with E-state index in [4.69, 9.17) is 0 Å². The van der Waals surface area contributed by atoms with E-state index < -0.39 is 0 Å². The first-order chi connectivity index (χ1) is 15.3. The zero-order valence-corrected chi connectivity index (χ0v) is 18.3. The molecule has 2 atom stereocenters. The SMILES string of the molecule is O=C(N[C@H]1C2CCN(CC2)[C@H]1Cc1cccnc1)c1ccc(Sc2ccccc2)cc1. The molecule has 2 aromatic carbocycles. The van der Waals surface area contributed by atoms with Gasteiger partial charge in [0.15, 0.2) is 0 Å². The summed E-state index contributed by atoms with van der Waals surface area (Å²) in [5, 5.41) is 3.40. The number of hydrogen-bond donors (Lipinski definition) is 1. The van der Waals surface area contributed by atoms with Crippen molar-refractivity contribution < 1.29 is 4.79 Å². The molecule has 0 saturated carbocycles. The number of aromatic nitrogens is 1. The van der Waals surface area contributed by atoms with Gasteiger partial charge in [0.25, 0.3) is 5.91 Å². The van der Waals surface area contributed by atoms with Gasteiger partial charge in [-0.3, -0.25) is 14.7 Å². The molecule has 4 nitrogen and oxygen atoms in total. The topological polar surface area (TPSA) is 45.2 Å². The Morgan fingerprint density at radius 3 is 2.42 bits per heavy atom. The van der Waals surface area contributed by atoms with E-state index in [0.717, 1.165) is 30.0 Å². The van der Waals surface area contributed by atoms with Crippen LogP contribution >= 0.6 is 11.8 Å². The molecule has 6 rings (SSSR count). The lowest BCUT2D eigenvalue weighted by Gasteiger charge is -2.51. The lowest BCUT2D eigenvalue weighted by Crippen LogP contribution is -2.64. The van der Waals surface area contributed by atoms with Gasteiger partial charge in [0.1, 0.15) is 0 Å². The van der Waals surface area contributed by atoms with Crippen LogP contribution in [0.3, 0.4) is 0 Å². The first-order valence-corrected chi connectivity index (χ1v) is 11.8. The Bertz CT molecular complexity index is 1000. The second-order valence-electron chi connectivity index (χ2n) is 8.44. The van der Waals surface area contributed by atoms with E-state index in [-0.39, 0.29) is 11.9 Å². The Morgan fingerprint density at radius 2 is 1.71 bits per heavy atom. The van der Waals surface area contributed by atoms with E-state index in [1.54, 1.807) is 11.8 Å². The van der Waals surface area contributed by atoms with Crippen LogP contribution in [-0.4, -0.2) is 41.0 Å². The van der Waals surface area contributed by atoms with Crippen LogP contribution in [0.25, 0.3) is 0 Å². The third-order valence-corrected chi connectivity index (χ3v) is 7.54. The number of nitrogens with zero attached hydrogens (tertiary/aromatic N) is 2. The van der Waals surface area contributed by atoms with Crippen molar-refractivity contribution in [1.82, 2.24) is 15.2 Å². The van der Waals surface area contributed by atoms with Gasteiger partial charge >= 0.3 is 0 Å². The zero-order valence-electron chi connectivity index (χ0n) is 17.5. The number of rotatable bonds is 6. The van der Waals surface area contributed by atoms with Gasteiger partial charge in [0.2, 0.25) is 0 Å². The minimum absolute atomic E-state index is 0.0335. The van der Waals surface area contributed by atoms with E-state index in [2.05, 4.69) is 33.4 Å². The number of piperidine rings is 3. The van der Waals surface area contributed by atoms with E-state index in [0.29, 0.717) is 12.0 Å². The van der Waals surface area contributed by atoms with Crippen molar-refractivity contribution in [3.05, 3.63) is 90.3 Å². The summed E-state index contributed by atoms with van der Waals surface area (Å²) >= 11 is 1.71. The van der Waals surface area contributed by atoms with Crippen molar-refractivity contribution in [2.75, 3.05) is 13.1 Å². The largest absolute Gasteiger partial charge is 0.347 e. The van der Waals surface area contributed by atoms with Crippen molar-refractivity contribution in [3.8, 4) is 0 Å². The third-order valence-electron chi connectivity index (χ3n) is 6.53. The molecule has 1 amide bonds. The van der Waals surface area contributed by atoms with Gasteiger partial charge in [-0.1, -0.05) is 36.0 Å². The van der Waals surface area contributed by atoms with Gasteiger partial charge in [0.05, 0.1) is 0 Å². The smallest absolute Gasteiger partial charge is 0.251 e. The number of pyridine rings is 1. The molecule has 1 N–H and O–H groups in total. The highest BCUT2D eigenvalue weighted by Gasteiger charge is 2.42. The molecular weight excluding hydrogens is 402 g/mol. The van der Waals surface area contributed by atoms with Gasteiger partial charge in [-0.05, 0) is 86.3 Å². The number of nitrogens with one attached hydrogen (secondary N) is 1. The lowest BCUT2D eigenvalue weighted by atomic mass is 9.76. The summed E-state index contributed by atoms with van der Waals surface area (Å²) in [6, 6.07) is 22.9. The quantitative estimate of drug-likeness (QED) is 0.619. The van der Waals surface area contributed by atoms with Gasteiger partial charge in [-0.25, -0.2) is 0 Å². The van der Waals surface area contributed by atoms with Crippen LogP contribution in [0.2, 0.25) is 0 Å². The minimum Gasteiger partial charge on any atom is -0.347 e. The monoisotopic (exact) mass is 429 g/mol. The fourth-order valence-electron chi connectivity index (χ4n) is 4.92. The molecule has 3 aliphatic rings. The molecule has 3 saturated heterocycles. The molecule has 0 unspecified atom stereocenters. The molecule has 5 heteroatoms. The van der Waals surface area contributed by atoms with E-state index in [1.807, 2.05) is 60.9 Å². The summed E-state index contributed by atoms with van der Waals surface area (Å²) in [7, 11) is 0. The number of hydrogen-bond acceptors (Lipinski definition) is 4. The Kier molecular flexibility index (Phi) is 6.05. The van der Waals surface area contributed by atoms with E-state index in [1.165, 1.54) is 23.3 Å². The Hall–Kier alpha value is -2.63. The minimum atomic E-state index is 0.0335. The first kappa shape index (κ1) is 20.3. The van der Waals surface area contributed by atoms with Crippen LogP contribution in [0.1, 0.15) is 28.8 Å². The van der Waals surface area contributed by atoms with E-state index >= 15 is 0 Å². The molecule has 0 aliphatic carbocycles. The second-order valence-corrected chi connectivity index (χ2v) is 9.59. The van der Waals surface area contributed by atoms with Crippen LogP contribution in [-0.2, 0) is 6.42 Å². The number of carbonyl (C=O) groups is 1. The molecule has 3 aliphatic heterocycles. The van der Waals surface area contributed by atoms with Crippen LogP contribution in [0.4, 0.5) is 0 Å². The number of benzene rings is 2. The fourth-order valence-corrected chi connectivity index (χ4v) is 5.75. The predicted octanol–water partition coefficient (Wildman–Crippen LogP) is 4.67. The number of carbonyl (C=O) groups excluding carboxylic acids is 1. The molecule has 3 fully saturated rings. The molecule has 0 spiro atoms. The third kappa shape index (κ3) is 4.68. The molecule has 3 aromatic rings. The average Bonchev–Trinajstić information content (AvgIpc) is 2.83. The standard InChI is InChI=1S/C26H27N3OS/c30-26(21-8-10-23(11-9-21)31-22-6-2-1-3-7-22)28-25-20-12-15-29(16-13-20)24(25)17-19-5-4-14-27-18-19/h1-11,14,18,20,24-25H,12-13,15-17H2,(H,28,30)/t24-,25-/m0/s1. The molecule has 4 heterocycles. The van der Waals surface area contributed by atoms with Gasteiger partial charge < -0.3 is 5.32 Å². The maximum atomic E-state index is 13.1. The van der Waals surface area contributed by atoms with Crippen molar-refractivity contribution in [2.45, 2.75) is 41.1 Å². The fraction of sp³-hybridized carbons (Fsp3) is 0.308. The summed E-state index contributed by atoms with van der Waals surface area (Å²) in [6.07, 6.45) is 7.03. The van der Waals surface area contributed by atoms with Gasteiger partial charge in [0, 0.05) is 39.8 Å². The maximum Gasteiger partial charge on any atom is 0.251 e. The Labute approximate surface area is 188 Å². The van der Waals surface area contributed by atoms with Gasteiger partial charge in [-0.2, -0.15) is 0 Å². The lowest BCUT2D eigenvalue weighted by molar-refractivity contribution is 0.0136. The molecule has 0 radical (unpaired) electrons. The molecule has 1 aromatic heterocycles. The first-order valence-electron chi connectivity index (χ1n) is 11.0. The van der Waals surface area contributed by atoms with Crippen LogP contribution < -0.4 is 5.32 Å². The summed E-state index contributed by atoms with van der Waals surface area (Å²) in [5.74, 6) is 0.592. The van der Waals surface area contributed by atoms with Crippen LogP contribution in [0, 0.1) is 5.92 Å². The highest BCUT2D eigenvalue weighted by atomic mass is 32.2. The number of fused-ring (bicyclic) bond motifs is 3. The average molecular weight is 430 g/mol. The van der Waals surface area contributed by atoms with Crippen LogP contribution in [0.5, 0.6) is 0 Å². The molecule has 158 valence electrons. The molecule has 2 bridgehead atoms. The second kappa shape index (κ2) is 9.25. The maximum absolute atomic E-state index is 13.1. The molecule has 31 heavy (non-hydrogen) atoms. The van der Waals surface area contributed by atoms with Crippen LogP contribution in [0.15, 0.2) is 88.9 Å². The molecular formula is C26H27N3OS. The summed E-state index contributed by atoms with van der Waals surface area (Å²) in [4.78, 5) is 22.3. The van der Waals surface area contributed by atoms with Crippen molar-refractivity contribution in [2.24, 2.45) is 5.92 Å². The van der Waals surface area contributed by atoms with Crippen molar-refractivity contribution in [3.63, 3.8) is 0 Å².